The molecule has 0 aliphatic rings. The van der Waals surface area contributed by atoms with E-state index < -0.39 is 23.7 Å². The fourth-order valence-corrected chi connectivity index (χ4v) is 2.18. The van der Waals surface area contributed by atoms with E-state index in [2.05, 4.69) is 4.74 Å². The summed E-state index contributed by atoms with van der Waals surface area (Å²) in [6.07, 6.45) is -4.34. The molecule has 26 heavy (non-hydrogen) atoms. The minimum Gasteiger partial charge on any atom is -0.456 e. The Morgan fingerprint density at radius 1 is 1.00 bits per heavy atom. The molecule has 0 saturated heterocycles. The Hall–Kier alpha value is -2.83. The van der Waals surface area contributed by atoms with E-state index in [4.69, 9.17) is 4.74 Å². The third kappa shape index (κ3) is 5.34. The molecule has 0 aliphatic heterocycles. The lowest BCUT2D eigenvalue weighted by Gasteiger charge is -2.19. The van der Waals surface area contributed by atoms with Gasteiger partial charge in [0.25, 0.3) is 0 Å². The molecule has 0 spiro atoms. The van der Waals surface area contributed by atoms with E-state index in [1.165, 1.54) is 36.4 Å². The van der Waals surface area contributed by atoms with Crippen molar-refractivity contribution in [2.24, 2.45) is 0 Å². The third-order valence-corrected chi connectivity index (χ3v) is 3.20. The average Bonchev–Trinajstić information content (AvgIpc) is 2.52. The van der Waals surface area contributed by atoms with Crippen molar-refractivity contribution in [1.82, 2.24) is 0 Å². The Balaban J connectivity index is 2.38. The normalized spacial score (nSPS) is 11.8. The number of hydrogen-bond acceptors (Lipinski definition) is 4. The molecule has 0 aromatic heterocycles. The van der Waals surface area contributed by atoms with Crippen molar-refractivity contribution in [3.63, 3.8) is 0 Å². The summed E-state index contributed by atoms with van der Waals surface area (Å²) in [5.74, 6) is -0.981. The summed E-state index contributed by atoms with van der Waals surface area (Å²) >= 11 is 0. The molecule has 0 fully saturated rings. The number of alkyl halides is 3. The number of aldehydes is 1. The summed E-state index contributed by atoms with van der Waals surface area (Å²) < 4.78 is 47.0. The van der Waals surface area contributed by atoms with Crippen LogP contribution in [0.4, 0.5) is 13.2 Å². The summed E-state index contributed by atoms with van der Waals surface area (Å²) in [6.45, 7) is 5.18. The van der Waals surface area contributed by atoms with Gasteiger partial charge in [0.05, 0.1) is 5.56 Å². The maximum absolute atomic E-state index is 12.6. The molecule has 0 saturated carbocycles. The van der Waals surface area contributed by atoms with Crippen molar-refractivity contribution >= 4 is 12.3 Å². The van der Waals surface area contributed by atoms with Crippen LogP contribution in [0.2, 0.25) is 0 Å². The second kappa shape index (κ2) is 7.19. The summed E-state index contributed by atoms with van der Waals surface area (Å²) in [5.41, 5.74) is 0.240. The molecule has 0 unspecified atom stereocenters. The zero-order valence-electron chi connectivity index (χ0n) is 14.4. The minimum absolute atomic E-state index is 0.0858. The number of esters is 1. The second-order valence-corrected chi connectivity index (χ2v) is 6.50. The lowest BCUT2D eigenvalue weighted by molar-refractivity contribution is -0.274. The number of rotatable bonds is 4. The molecular formula is C19H17F3O4. The van der Waals surface area contributed by atoms with E-state index >= 15 is 0 Å². The lowest BCUT2D eigenvalue weighted by Crippen LogP contribution is -2.23. The molecule has 0 N–H and O–H groups in total. The monoisotopic (exact) mass is 366 g/mol. The Labute approximate surface area is 148 Å². The maximum atomic E-state index is 12.6. The van der Waals surface area contributed by atoms with Crippen molar-refractivity contribution in [1.29, 1.82) is 0 Å². The number of hydrogen-bond donors (Lipinski definition) is 0. The van der Waals surface area contributed by atoms with E-state index in [9.17, 15) is 22.8 Å². The number of halogens is 3. The van der Waals surface area contributed by atoms with Crippen LogP contribution in [0.1, 0.15) is 41.5 Å². The molecule has 2 aromatic carbocycles. The van der Waals surface area contributed by atoms with E-state index in [1.807, 2.05) is 0 Å². The van der Waals surface area contributed by atoms with Crippen molar-refractivity contribution in [3.8, 4) is 16.9 Å². The molecule has 0 atom stereocenters. The number of benzene rings is 2. The van der Waals surface area contributed by atoms with Crippen LogP contribution in [0.25, 0.3) is 11.1 Å². The van der Waals surface area contributed by atoms with Gasteiger partial charge in [-0.05, 0) is 56.7 Å². The Kier molecular flexibility index (Phi) is 5.39. The van der Waals surface area contributed by atoms with Gasteiger partial charge in [0, 0.05) is 11.1 Å². The van der Waals surface area contributed by atoms with Crippen LogP contribution >= 0.6 is 0 Å². The Morgan fingerprint density at radius 3 is 2.12 bits per heavy atom. The zero-order valence-corrected chi connectivity index (χ0v) is 14.4. The van der Waals surface area contributed by atoms with Gasteiger partial charge >= 0.3 is 12.3 Å². The van der Waals surface area contributed by atoms with Gasteiger partial charge in [0.1, 0.15) is 17.6 Å². The van der Waals surface area contributed by atoms with Crippen molar-refractivity contribution in [2.45, 2.75) is 32.7 Å². The summed E-state index contributed by atoms with van der Waals surface area (Å²) in [5, 5.41) is 0. The number of carbonyl (C=O) groups excluding carboxylic acids is 2. The standard InChI is InChI=1S/C19H17F3O4/c1-18(2,3)26-17(24)14-7-5-13(6-8-14)15-10-12(11-23)4-9-16(15)25-19(20,21)22/h4-11H,1-3H3. The first-order valence-corrected chi connectivity index (χ1v) is 7.67. The highest BCUT2D eigenvalue weighted by Crippen LogP contribution is 2.34. The summed E-state index contributed by atoms with van der Waals surface area (Å²) in [4.78, 5) is 23.0. The SMILES string of the molecule is CC(C)(C)OC(=O)c1ccc(-c2cc(C=O)ccc2OC(F)(F)F)cc1. The first-order valence-electron chi connectivity index (χ1n) is 7.67. The van der Waals surface area contributed by atoms with Gasteiger partial charge in [0.15, 0.2) is 0 Å². The van der Waals surface area contributed by atoms with Crippen LogP contribution < -0.4 is 4.74 Å². The molecule has 0 amide bonds. The molecule has 2 rings (SSSR count). The van der Waals surface area contributed by atoms with E-state index in [1.54, 1.807) is 20.8 Å². The van der Waals surface area contributed by atoms with E-state index in [0.717, 1.165) is 6.07 Å². The lowest BCUT2D eigenvalue weighted by atomic mass is 10.0. The van der Waals surface area contributed by atoms with Crippen LogP contribution in [-0.2, 0) is 4.74 Å². The smallest absolute Gasteiger partial charge is 0.456 e. The number of ether oxygens (including phenoxy) is 2. The zero-order chi connectivity index (χ0) is 19.5. The average molecular weight is 366 g/mol. The Morgan fingerprint density at radius 2 is 1.62 bits per heavy atom. The van der Waals surface area contributed by atoms with Crippen LogP contribution in [0.3, 0.4) is 0 Å². The predicted octanol–water partition coefficient (Wildman–Crippen LogP) is 5.02. The molecular weight excluding hydrogens is 349 g/mol. The highest BCUT2D eigenvalue weighted by molar-refractivity contribution is 5.90. The third-order valence-electron chi connectivity index (χ3n) is 3.20. The predicted molar refractivity (Wildman–Crippen MR) is 89.1 cm³/mol. The van der Waals surface area contributed by atoms with Crippen LogP contribution in [-0.4, -0.2) is 24.2 Å². The highest BCUT2D eigenvalue weighted by atomic mass is 19.4. The van der Waals surface area contributed by atoms with Gasteiger partial charge in [0.2, 0.25) is 0 Å². The molecule has 138 valence electrons. The van der Waals surface area contributed by atoms with Crippen LogP contribution in [0.15, 0.2) is 42.5 Å². The topological polar surface area (TPSA) is 52.6 Å². The molecule has 4 nitrogen and oxygen atoms in total. The molecule has 2 aromatic rings. The fourth-order valence-electron chi connectivity index (χ4n) is 2.18. The fraction of sp³-hybridized carbons (Fsp3) is 0.263. The van der Waals surface area contributed by atoms with Crippen LogP contribution in [0, 0.1) is 0 Å². The van der Waals surface area contributed by atoms with E-state index in [-0.39, 0.29) is 16.7 Å². The van der Waals surface area contributed by atoms with Gasteiger partial charge in [-0.25, -0.2) is 4.79 Å². The van der Waals surface area contributed by atoms with Crippen molar-refractivity contribution in [3.05, 3.63) is 53.6 Å². The number of carbonyl (C=O) groups is 2. The van der Waals surface area contributed by atoms with Gasteiger partial charge < -0.3 is 9.47 Å². The largest absolute Gasteiger partial charge is 0.573 e. The Bertz CT molecular complexity index is 803. The molecule has 0 heterocycles. The van der Waals surface area contributed by atoms with Crippen molar-refractivity contribution < 1.29 is 32.2 Å². The second-order valence-electron chi connectivity index (χ2n) is 6.50. The van der Waals surface area contributed by atoms with Gasteiger partial charge in [-0.2, -0.15) is 0 Å². The quantitative estimate of drug-likeness (QED) is 0.563. The first kappa shape index (κ1) is 19.5. The summed E-state index contributed by atoms with van der Waals surface area (Å²) in [7, 11) is 0. The van der Waals surface area contributed by atoms with Crippen molar-refractivity contribution in [2.75, 3.05) is 0 Å². The molecule has 0 bridgehead atoms. The molecule has 7 heteroatoms. The van der Waals surface area contributed by atoms with Gasteiger partial charge in [-0.1, -0.05) is 12.1 Å². The van der Waals surface area contributed by atoms with Gasteiger partial charge in [-0.15, -0.1) is 13.2 Å². The molecule has 0 radical (unpaired) electrons. The van der Waals surface area contributed by atoms with E-state index in [0.29, 0.717) is 11.8 Å². The summed E-state index contributed by atoms with van der Waals surface area (Å²) in [6, 6.07) is 9.40. The molecule has 0 aliphatic carbocycles. The maximum Gasteiger partial charge on any atom is 0.573 e. The van der Waals surface area contributed by atoms with Crippen LogP contribution in [0.5, 0.6) is 5.75 Å². The highest BCUT2D eigenvalue weighted by Gasteiger charge is 2.32. The van der Waals surface area contributed by atoms with Gasteiger partial charge in [-0.3, -0.25) is 4.79 Å². The minimum atomic E-state index is -4.87. The first-order chi connectivity index (χ1) is 12.0.